The minimum atomic E-state index is 0.759. The minimum Gasteiger partial charge on any atom is -0.339 e. The van der Waals surface area contributed by atoms with Crippen molar-refractivity contribution >= 4 is 5.95 Å². The highest BCUT2D eigenvalue weighted by Crippen LogP contribution is 2.15. The molecule has 0 bridgehead atoms. The summed E-state index contributed by atoms with van der Waals surface area (Å²) in [5, 5.41) is 7.18. The second-order valence-corrected chi connectivity index (χ2v) is 3.96. The van der Waals surface area contributed by atoms with Crippen LogP contribution in [0.3, 0.4) is 0 Å². The first-order chi connectivity index (χ1) is 7.92. The van der Waals surface area contributed by atoms with E-state index in [4.69, 9.17) is 0 Å². The number of aromatic nitrogens is 4. The number of pyridine rings is 1. The Morgan fingerprint density at radius 2 is 2.31 bits per heavy atom. The first-order valence-corrected chi connectivity index (χ1v) is 5.47. The summed E-state index contributed by atoms with van der Waals surface area (Å²) in [5.74, 6) is 1.72. The van der Waals surface area contributed by atoms with Gasteiger partial charge in [-0.25, -0.2) is 0 Å². The van der Waals surface area contributed by atoms with Crippen molar-refractivity contribution in [2.24, 2.45) is 0 Å². The molecule has 2 aromatic rings. The topological polar surface area (TPSA) is 57.7 Å². The fraction of sp³-hybridized carbons (Fsp3) is 0.364. The van der Waals surface area contributed by atoms with Crippen LogP contribution in [0.2, 0.25) is 0 Å². The van der Waals surface area contributed by atoms with E-state index in [-0.39, 0.29) is 0 Å². The lowest BCUT2D eigenvalue weighted by Crippen LogP contribution is -2.37. The molecule has 5 nitrogen and oxygen atoms in total. The van der Waals surface area contributed by atoms with Gasteiger partial charge in [0.15, 0.2) is 0 Å². The number of rotatable bonds is 3. The van der Waals surface area contributed by atoms with Crippen LogP contribution in [-0.2, 0) is 6.42 Å². The molecule has 82 valence electrons. The summed E-state index contributed by atoms with van der Waals surface area (Å²) in [4.78, 5) is 10.7. The van der Waals surface area contributed by atoms with Gasteiger partial charge in [0.2, 0.25) is 5.95 Å². The van der Waals surface area contributed by atoms with Crippen molar-refractivity contribution in [2.45, 2.75) is 12.8 Å². The van der Waals surface area contributed by atoms with Gasteiger partial charge in [-0.05, 0) is 18.1 Å². The van der Waals surface area contributed by atoms with Crippen molar-refractivity contribution in [2.75, 3.05) is 18.0 Å². The molecule has 1 aliphatic rings. The third kappa shape index (κ3) is 1.76. The largest absolute Gasteiger partial charge is 0.339 e. The molecule has 2 aromatic heterocycles. The summed E-state index contributed by atoms with van der Waals surface area (Å²) in [7, 11) is 0. The van der Waals surface area contributed by atoms with Gasteiger partial charge >= 0.3 is 0 Å². The number of nitrogens with zero attached hydrogens (tertiary/aromatic N) is 4. The zero-order valence-electron chi connectivity index (χ0n) is 8.93. The smallest absolute Gasteiger partial charge is 0.244 e. The monoisotopic (exact) mass is 215 g/mol. The van der Waals surface area contributed by atoms with Gasteiger partial charge in [0.05, 0.1) is 0 Å². The average Bonchev–Trinajstić information content (AvgIpc) is 2.65. The van der Waals surface area contributed by atoms with Crippen molar-refractivity contribution in [3.8, 4) is 0 Å². The summed E-state index contributed by atoms with van der Waals surface area (Å²) in [6.45, 7) is 2.15. The van der Waals surface area contributed by atoms with Gasteiger partial charge in [-0.2, -0.15) is 4.98 Å². The van der Waals surface area contributed by atoms with Crippen molar-refractivity contribution in [3.05, 3.63) is 35.9 Å². The van der Waals surface area contributed by atoms with Crippen LogP contribution in [0.15, 0.2) is 24.5 Å². The zero-order chi connectivity index (χ0) is 10.8. The lowest BCUT2D eigenvalue weighted by atomic mass is 10.2. The fourth-order valence-electron chi connectivity index (χ4n) is 1.72. The van der Waals surface area contributed by atoms with Crippen molar-refractivity contribution in [1.29, 1.82) is 0 Å². The maximum atomic E-state index is 4.46. The number of anilines is 1. The standard InChI is InChI=1S/C11H13N5/c1-3-9(8-12-4-1)7-10-13-11(15-14-10)16-5-2-6-16/h1,3-4,8H,2,5-7H2,(H,13,14,15). The normalized spacial score (nSPS) is 14.9. The highest BCUT2D eigenvalue weighted by molar-refractivity contribution is 5.32. The summed E-state index contributed by atoms with van der Waals surface area (Å²) in [5.41, 5.74) is 1.15. The number of nitrogens with one attached hydrogen (secondary N) is 1. The van der Waals surface area contributed by atoms with Gasteiger partial charge in [-0.3, -0.25) is 10.1 Å². The predicted molar refractivity (Wildman–Crippen MR) is 60.3 cm³/mol. The van der Waals surface area contributed by atoms with Crippen LogP contribution in [0.1, 0.15) is 17.8 Å². The van der Waals surface area contributed by atoms with E-state index < -0.39 is 0 Å². The molecule has 3 rings (SSSR count). The van der Waals surface area contributed by atoms with E-state index in [9.17, 15) is 0 Å². The molecule has 3 heterocycles. The average molecular weight is 215 g/mol. The summed E-state index contributed by atoms with van der Waals surface area (Å²) in [6.07, 6.45) is 5.63. The highest BCUT2D eigenvalue weighted by Gasteiger charge is 2.18. The number of aromatic amines is 1. The SMILES string of the molecule is c1cncc(Cc2nc(N3CCC3)n[nH]2)c1. The molecule has 0 aromatic carbocycles. The minimum absolute atomic E-state index is 0.759. The second kappa shape index (κ2) is 3.92. The van der Waals surface area contributed by atoms with Gasteiger partial charge in [0.25, 0.3) is 0 Å². The molecule has 0 aliphatic carbocycles. The van der Waals surface area contributed by atoms with Crippen LogP contribution in [0.5, 0.6) is 0 Å². The molecular formula is C11H13N5. The molecule has 0 unspecified atom stereocenters. The van der Waals surface area contributed by atoms with Crippen LogP contribution in [-0.4, -0.2) is 33.3 Å². The van der Waals surface area contributed by atoms with Gasteiger partial charge in [0.1, 0.15) is 5.82 Å². The van der Waals surface area contributed by atoms with Crippen molar-refractivity contribution in [3.63, 3.8) is 0 Å². The molecule has 0 saturated carbocycles. The van der Waals surface area contributed by atoms with Crippen LogP contribution in [0.4, 0.5) is 5.95 Å². The van der Waals surface area contributed by atoms with E-state index >= 15 is 0 Å². The molecule has 0 radical (unpaired) electrons. The molecule has 1 N–H and O–H groups in total. The van der Waals surface area contributed by atoms with Crippen LogP contribution in [0, 0.1) is 0 Å². The van der Waals surface area contributed by atoms with E-state index in [1.807, 2.05) is 18.3 Å². The third-order valence-corrected chi connectivity index (χ3v) is 2.75. The third-order valence-electron chi connectivity index (χ3n) is 2.75. The zero-order valence-corrected chi connectivity index (χ0v) is 8.93. The van der Waals surface area contributed by atoms with Crippen LogP contribution >= 0.6 is 0 Å². The maximum absolute atomic E-state index is 4.46. The Balaban J connectivity index is 1.73. The number of hydrogen-bond acceptors (Lipinski definition) is 4. The molecule has 1 saturated heterocycles. The quantitative estimate of drug-likeness (QED) is 0.829. The Bertz CT molecular complexity index is 460. The van der Waals surface area contributed by atoms with Gasteiger partial charge in [-0.15, -0.1) is 5.10 Å². The van der Waals surface area contributed by atoms with Gasteiger partial charge in [0, 0.05) is 31.9 Å². The van der Waals surface area contributed by atoms with E-state index in [0.717, 1.165) is 36.8 Å². The summed E-state index contributed by atoms with van der Waals surface area (Å²) < 4.78 is 0. The van der Waals surface area contributed by atoms with Crippen molar-refractivity contribution < 1.29 is 0 Å². The highest BCUT2D eigenvalue weighted by atomic mass is 15.4. The molecule has 1 fully saturated rings. The first kappa shape index (κ1) is 9.33. The molecule has 1 aliphatic heterocycles. The predicted octanol–water partition coefficient (Wildman–Crippen LogP) is 1.00. The molecular weight excluding hydrogens is 202 g/mol. The molecule has 0 spiro atoms. The van der Waals surface area contributed by atoms with E-state index in [0.29, 0.717) is 0 Å². The van der Waals surface area contributed by atoms with E-state index in [2.05, 4.69) is 25.1 Å². The van der Waals surface area contributed by atoms with E-state index in [1.54, 1.807) is 6.20 Å². The Morgan fingerprint density at radius 3 is 3.00 bits per heavy atom. The van der Waals surface area contributed by atoms with Crippen LogP contribution < -0.4 is 4.90 Å². The molecule has 0 amide bonds. The van der Waals surface area contributed by atoms with Crippen LogP contribution in [0.25, 0.3) is 0 Å². The van der Waals surface area contributed by atoms with Gasteiger partial charge < -0.3 is 4.90 Å². The van der Waals surface area contributed by atoms with E-state index in [1.165, 1.54) is 6.42 Å². The maximum Gasteiger partial charge on any atom is 0.244 e. The second-order valence-electron chi connectivity index (χ2n) is 3.96. The lowest BCUT2D eigenvalue weighted by Gasteiger charge is -2.29. The summed E-state index contributed by atoms with van der Waals surface area (Å²) in [6, 6.07) is 3.97. The molecule has 5 heteroatoms. The Labute approximate surface area is 93.5 Å². The molecule has 16 heavy (non-hydrogen) atoms. The summed E-state index contributed by atoms with van der Waals surface area (Å²) >= 11 is 0. The Hall–Kier alpha value is -1.91. The van der Waals surface area contributed by atoms with Crippen molar-refractivity contribution in [1.82, 2.24) is 20.2 Å². The Morgan fingerprint density at radius 1 is 1.38 bits per heavy atom. The van der Waals surface area contributed by atoms with Gasteiger partial charge in [-0.1, -0.05) is 6.07 Å². The number of hydrogen-bond donors (Lipinski definition) is 1. The lowest BCUT2D eigenvalue weighted by molar-refractivity contribution is 0.601. The Kier molecular flexibility index (Phi) is 2.29. The number of H-pyrrole nitrogens is 1. The first-order valence-electron chi connectivity index (χ1n) is 5.47. The fourth-order valence-corrected chi connectivity index (χ4v) is 1.72. The molecule has 0 atom stereocenters.